The van der Waals surface area contributed by atoms with Gasteiger partial charge in [0.2, 0.25) is 5.91 Å². The fourth-order valence-electron chi connectivity index (χ4n) is 3.11. The highest BCUT2D eigenvalue weighted by Gasteiger charge is 2.23. The van der Waals surface area contributed by atoms with E-state index in [1.807, 2.05) is 0 Å². The molecule has 2 aromatic rings. The summed E-state index contributed by atoms with van der Waals surface area (Å²) in [4.78, 5) is 50.2. The molecule has 150 valence electrons. The van der Waals surface area contributed by atoms with E-state index >= 15 is 0 Å². The van der Waals surface area contributed by atoms with Gasteiger partial charge >= 0.3 is 11.9 Å². The van der Waals surface area contributed by atoms with Gasteiger partial charge in [-0.1, -0.05) is 6.07 Å². The second kappa shape index (κ2) is 8.55. The van der Waals surface area contributed by atoms with Crippen molar-refractivity contribution in [1.82, 2.24) is 0 Å². The smallest absolute Gasteiger partial charge is 0.339 e. The van der Waals surface area contributed by atoms with E-state index in [2.05, 4.69) is 10.1 Å². The van der Waals surface area contributed by atoms with E-state index < -0.39 is 17.8 Å². The molecule has 0 aliphatic carbocycles. The molecule has 0 bridgehead atoms. The van der Waals surface area contributed by atoms with Gasteiger partial charge in [0.1, 0.15) is 0 Å². The van der Waals surface area contributed by atoms with Gasteiger partial charge in [-0.25, -0.2) is 9.59 Å². The van der Waals surface area contributed by atoms with E-state index in [1.54, 1.807) is 29.2 Å². The van der Waals surface area contributed by atoms with Gasteiger partial charge in [-0.05, 0) is 42.8 Å². The Morgan fingerprint density at radius 1 is 0.966 bits per heavy atom. The van der Waals surface area contributed by atoms with Crippen LogP contribution in [0.2, 0.25) is 0 Å². The molecule has 1 heterocycles. The topological polar surface area (TPSA) is 102 Å². The summed E-state index contributed by atoms with van der Waals surface area (Å²) in [5.41, 5.74) is 1.33. The molecule has 0 aromatic heterocycles. The van der Waals surface area contributed by atoms with Crippen LogP contribution in [0.25, 0.3) is 0 Å². The molecule has 29 heavy (non-hydrogen) atoms. The van der Waals surface area contributed by atoms with Crippen molar-refractivity contribution in [1.29, 1.82) is 0 Å². The third-order valence-electron chi connectivity index (χ3n) is 4.59. The van der Waals surface area contributed by atoms with Crippen molar-refractivity contribution in [3.63, 3.8) is 0 Å². The average Bonchev–Trinajstić information content (AvgIpc) is 3.18. The summed E-state index contributed by atoms with van der Waals surface area (Å²) in [5, 5.41) is 2.64. The summed E-state index contributed by atoms with van der Waals surface area (Å²) >= 11 is 0. The van der Waals surface area contributed by atoms with Crippen LogP contribution < -0.4 is 10.2 Å². The number of nitrogens with one attached hydrogen (secondary N) is 1. The molecular weight excluding hydrogens is 376 g/mol. The summed E-state index contributed by atoms with van der Waals surface area (Å²) < 4.78 is 9.42. The SMILES string of the molecule is COC(=O)c1ccc(C(=O)OC)c(NC(=O)c2cccc(N3CCCC3=O)c2)c1. The molecular formula is C21H20N2O6. The number of amides is 2. The molecule has 0 atom stereocenters. The highest BCUT2D eigenvalue weighted by atomic mass is 16.5. The maximum absolute atomic E-state index is 12.8. The molecule has 0 spiro atoms. The monoisotopic (exact) mass is 396 g/mol. The van der Waals surface area contributed by atoms with Crippen LogP contribution in [-0.4, -0.2) is 44.5 Å². The van der Waals surface area contributed by atoms with Gasteiger partial charge in [0, 0.05) is 24.2 Å². The molecule has 3 rings (SSSR count). The highest BCUT2D eigenvalue weighted by molar-refractivity contribution is 6.09. The predicted molar refractivity (Wildman–Crippen MR) is 105 cm³/mol. The molecule has 2 aromatic carbocycles. The highest BCUT2D eigenvalue weighted by Crippen LogP contribution is 2.24. The van der Waals surface area contributed by atoms with Crippen LogP contribution in [-0.2, 0) is 14.3 Å². The fraction of sp³-hybridized carbons (Fsp3) is 0.238. The number of esters is 2. The van der Waals surface area contributed by atoms with E-state index in [9.17, 15) is 19.2 Å². The largest absolute Gasteiger partial charge is 0.465 e. The van der Waals surface area contributed by atoms with E-state index in [1.165, 1.54) is 32.4 Å². The van der Waals surface area contributed by atoms with Crippen molar-refractivity contribution in [2.75, 3.05) is 31.0 Å². The van der Waals surface area contributed by atoms with Crippen molar-refractivity contribution >= 4 is 35.1 Å². The van der Waals surface area contributed by atoms with Gasteiger partial charge in [-0.15, -0.1) is 0 Å². The standard InChI is InChI=1S/C21H20N2O6/c1-28-20(26)14-8-9-16(21(27)29-2)17(12-14)22-19(25)13-5-3-6-15(11-13)23-10-4-7-18(23)24/h3,5-6,8-9,11-12H,4,7,10H2,1-2H3,(H,22,25). The van der Waals surface area contributed by atoms with E-state index in [0.29, 0.717) is 24.2 Å². The average molecular weight is 396 g/mol. The second-order valence-electron chi connectivity index (χ2n) is 6.40. The van der Waals surface area contributed by atoms with Crippen LogP contribution in [0.3, 0.4) is 0 Å². The number of methoxy groups -OCH3 is 2. The van der Waals surface area contributed by atoms with Gasteiger partial charge in [-0.3, -0.25) is 9.59 Å². The Labute approximate surface area is 167 Å². The lowest BCUT2D eigenvalue weighted by molar-refractivity contribution is -0.117. The Morgan fingerprint density at radius 2 is 1.72 bits per heavy atom. The number of hydrogen-bond acceptors (Lipinski definition) is 6. The molecule has 1 saturated heterocycles. The summed E-state index contributed by atoms with van der Waals surface area (Å²) in [6.07, 6.45) is 1.26. The summed E-state index contributed by atoms with van der Waals surface area (Å²) in [5.74, 6) is -1.74. The third kappa shape index (κ3) is 4.26. The number of hydrogen-bond donors (Lipinski definition) is 1. The van der Waals surface area contributed by atoms with E-state index in [4.69, 9.17) is 4.74 Å². The fourth-order valence-corrected chi connectivity index (χ4v) is 3.11. The van der Waals surface area contributed by atoms with Crippen molar-refractivity contribution in [2.45, 2.75) is 12.8 Å². The van der Waals surface area contributed by atoms with Crippen LogP contribution in [0.1, 0.15) is 43.9 Å². The molecule has 1 N–H and O–H groups in total. The molecule has 0 unspecified atom stereocenters. The lowest BCUT2D eigenvalue weighted by Gasteiger charge is -2.17. The Morgan fingerprint density at radius 3 is 2.38 bits per heavy atom. The minimum Gasteiger partial charge on any atom is -0.465 e. The van der Waals surface area contributed by atoms with Crippen molar-refractivity contribution in [2.24, 2.45) is 0 Å². The Balaban J connectivity index is 1.90. The molecule has 1 aliphatic heterocycles. The predicted octanol–water partition coefficient (Wildman–Crippen LogP) is 2.64. The van der Waals surface area contributed by atoms with Gasteiger partial charge in [-0.2, -0.15) is 0 Å². The summed E-state index contributed by atoms with van der Waals surface area (Å²) in [6.45, 7) is 0.609. The quantitative estimate of drug-likeness (QED) is 0.780. The Bertz CT molecular complexity index is 985. The number of benzene rings is 2. The maximum atomic E-state index is 12.8. The normalized spacial score (nSPS) is 13.2. The molecule has 1 aliphatic rings. The number of nitrogens with zero attached hydrogens (tertiary/aromatic N) is 1. The van der Waals surface area contributed by atoms with E-state index in [0.717, 1.165) is 6.42 Å². The number of anilines is 2. The molecule has 8 heteroatoms. The number of ether oxygens (including phenoxy) is 2. The first-order valence-electron chi connectivity index (χ1n) is 8.97. The Hall–Kier alpha value is -3.68. The van der Waals surface area contributed by atoms with Crippen LogP contribution in [0.5, 0.6) is 0 Å². The number of rotatable bonds is 5. The van der Waals surface area contributed by atoms with Gasteiger partial charge in [0.05, 0.1) is 31.0 Å². The Kier molecular flexibility index (Phi) is 5.92. The zero-order valence-electron chi connectivity index (χ0n) is 16.1. The van der Waals surface area contributed by atoms with Crippen molar-refractivity contribution < 1.29 is 28.7 Å². The van der Waals surface area contributed by atoms with Crippen LogP contribution in [0.15, 0.2) is 42.5 Å². The minimum absolute atomic E-state index is 0.0151. The minimum atomic E-state index is -0.659. The second-order valence-corrected chi connectivity index (χ2v) is 6.40. The number of carbonyl (C=O) groups excluding carboxylic acids is 4. The summed E-state index contributed by atoms with van der Waals surface area (Å²) in [6, 6.07) is 10.8. The van der Waals surface area contributed by atoms with Gasteiger partial charge < -0.3 is 19.7 Å². The van der Waals surface area contributed by atoms with Crippen LogP contribution in [0, 0.1) is 0 Å². The third-order valence-corrected chi connectivity index (χ3v) is 4.59. The number of carbonyl (C=O) groups is 4. The lowest BCUT2D eigenvalue weighted by atomic mass is 10.1. The molecule has 0 saturated carbocycles. The molecule has 1 fully saturated rings. The first-order chi connectivity index (χ1) is 13.9. The molecule has 2 amide bonds. The van der Waals surface area contributed by atoms with Crippen molar-refractivity contribution in [3.05, 3.63) is 59.2 Å². The van der Waals surface area contributed by atoms with Crippen molar-refractivity contribution in [3.8, 4) is 0 Å². The van der Waals surface area contributed by atoms with Gasteiger partial charge in [0.25, 0.3) is 5.91 Å². The molecule has 0 radical (unpaired) electrons. The maximum Gasteiger partial charge on any atom is 0.339 e. The first-order valence-corrected chi connectivity index (χ1v) is 8.97. The summed E-state index contributed by atoms with van der Waals surface area (Å²) in [7, 11) is 2.46. The van der Waals surface area contributed by atoms with Crippen LogP contribution in [0.4, 0.5) is 11.4 Å². The lowest BCUT2D eigenvalue weighted by Crippen LogP contribution is -2.24. The molecule has 8 nitrogen and oxygen atoms in total. The van der Waals surface area contributed by atoms with E-state index in [-0.39, 0.29) is 22.7 Å². The van der Waals surface area contributed by atoms with Crippen LogP contribution >= 0.6 is 0 Å². The first kappa shape index (κ1) is 20.1. The zero-order chi connectivity index (χ0) is 21.0. The zero-order valence-corrected chi connectivity index (χ0v) is 16.1. The van der Waals surface area contributed by atoms with Gasteiger partial charge in [0.15, 0.2) is 0 Å².